The van der Waals surface area contributed by atoms with Crippen LogP contribution in [0.3, 0.4) is 0 Å². The van der Waals surface area contributed by atoms with Gasteiger partial charge in [-0.2, -0.15) is 5.10 Å². The zero-order valence-corrected chi connectivity index (χ0v) is 19.0. The number of aromatic nitrogens is 3. The molecule has 3 aromatic rings. The highest BCUT2D eigenvalue weighted by Gasteiger charge is 2.65. The van der Waals surface area contributed by atoms with E-state index in [9.17, 15) is 10.2 Å². The highest BCUT2D eigenvalue weighted by molar-refractivity contribution is 5.53. The Morgan fingerprint density at radius 2 is 2.03 bits per heavy atom. The number of likely N-dealkylation sites (tertiary alicyclic amines) is 1. The van der Waals surface area contributed by atoms with Crippen LogP contribution in [0.4, 0.5) is 0 Å². The summed E-state index contributed by atoms with van der Waals surface area (Å²) in [7, 11) is 0. The zero-order chi connectivity index (χ0) is 22.4. The molecular weight excluding hydrogens is 412 g/mol. The van der Waals surface area contributed by atoms with E-state index >= 15 is 0 Å². The fourth-order valence-electron chi connectivity index (χ4n) is 7.11. The molecule has 6 nitrogen and oxygen atoms in total. The van der Waals surface area contributed by atoms with Gasteiger partial charge >= 0.3 is 0 Å². The van der Waals surface area contributed by atoms with Crippen LogP contribution in [0.1, 0.15) is 47.3 Å². The predicted octanol–water partition coefficient (Wildman–Crippen LogP) is 3.09. The van der Waals surface area contributed by atoms with Crippen LogP contribution < -0.4 is 0 Å². The summed E-state index contributed by atoms with van der Waals surface area (Å²) in [6, 6.07) is 11.8. The molecule has 3 aliphatic carbocycles. The first-order valence-corrected chi connectivity index (χ1v) is 12.3. The number of nitrogens with zero attached hydrogens (tertiary/aromatic N) is 4. The van der Waals surface area contributed by atoms with Crippen molar-refractivity contribution in [1.82, 2.24) is 19.7 Å². The lowest BCUT2D eigenvalue weighted by molar-refractivity contribution is -0.152. The van der Waals surface area contributed by atoms with Gasteiger partial charge in [0.2, 0.25) is 0 Å². The molecule has 170 valence electrons. The van der Waals surface area contributed by atoms with E-state index in [0.29, 0.717) is 12.8 Å². The average molecular weight is 443 g/mol. The third-order valence-corrected chi connectivity index (χ3v) is 8.93. The summed E-state index contributed by atoms with van der Waals surface area (Å²) in [5.74, 6) is 1.89. The van der Waals surface area contributed by atoms with Gasteiger partial charge in [-0.05, 0) is 86.0 Å². The molecule has 0 unspecified atom stereocenters. The number of phenols is 1. The zero-order valence-electron chi connectivity index (χ0n) is 19.0. The van der Waals surface area contributed by atoms with Gasteiger partial charge in [0, 0.05) is 37.0 Å². The van der Waals surface area contributed by atoms with E-state index in [2.05, 4.69) is 22.9 Å². The molecule has 2 fully saturated rings. The van der Waals surface area contributed by atoms with Gasteiger partial charge in [-0.3, -0.25) is 4.90 Å². The third kappa shape index (κ3) is 2.68. The van der Waals surface area contributed by atoms with Crippen molar-refractivity contribution in [2.45, 2.75) is 62.5 Å². The van der Waals surface area contributed by atoms with Gasteiger partial charge in [-0.25, -0.2) is 9.67 Å². The van der Waals surface area contributed by atoms with Crippen LogP contribution in [0.15, 0.2) is 42.6 Å². The number of aryl methyl sites for hydroxylation is 1. The van der Waals surface area contributed by atoms with E-state index < -0.39 is 11.0 Å². The minimum absolute atomic E-state index is 0.0923. The number of phenolic OH excluding ortho intramolecular Hbond substituents is 1. The third-order valence-electron chi connectivity index (χ3n) is 8.93. The van der Waals surface area contributed by atoms with Gasteiger partial charge in [-0.15, -0.1) is 0 Å². The van der Waals surface area contributed by atoms with Crippen molar-refractivity contribution in [1.29, 1.82) is 0 Å². The first-order chi connectivity index (χ1) is 16.0. The Morgan fingerprint density at radius 1 is 1.15 bits per heavy atom. The summed E-state index contributed by atoms with van der Waals surface area (Å²) >= 11 is 0. The van der Waals surface area contributed by atoms with Crippen LogP contribution in [0.2, 0.25) is 0 Å². The molecule has 1 aromatic carbocycles. The summed E-state index contributed by atoms with van der Waals surface area (Å²) < 4.78 is 1.99. The highest BCUT2D eigenvalue weighted by Crippen LogP contribution is 2.58. The monoisotopic (exact) mass is 442 g/mol. The second-order valence-corrected chi connectivity index (χ2v) is 10.7. The fourth-order valence-corrected chi connectivity index (χ4v) is 7.11. The molecular formula is C27H30N4O2. The minimum Gasteiger partial charge on any atom is -0.508 e. The summed E-state index contributed by atoms with van der Waals surface area (Å²) in [6.07, 6.45) is 7.46. The topological polar surface area (TPSA) is 74.4 Å². The number of fused-ring (bicyclic) bond motifs is 2. The Bertz CT molecular complexity index is 1250. The number of aromatic hydroxyl groups is 1. The van der Waals surface area contributed by atoms with Crippen LogP contribution in [0.25, 0.3) is 5.82 Å². The summed E-state index contributed by atoms with van der Waals surface area (Å²) in [6.45, 7) is 4.14. The van der Waals surface area contributed by atoms with Crippen molar-refractivity contribution in [3.8, 4) is 11.6 Å². The van der Waals surface area contributed by atoms with Crippen molar-refractivity contribution in [3.63, 3.8) is 0 Å². The van der Waals surface area contributed by atoms with Crippen LogP contribution in [-0.2, 0) is 24.7 Å². The second-order valence-electron chi connectivity index (χ2n) is 10.7. The lowest BCUT2D eigenvalue weighted by atomic mass is 9.49. The molecule has 33 heavy (non-hydrogen) atoms. The highest BCUT2D eigenvalue weighted by atomic mass is 16.3. The quantitative estimate of drug-likeness (QED) is 0.652. The van der Waals surface area contributed by atoms with E-state index in [4.69, 9.17) is 5.10 Å². The first-order valence-electron chi connectivity index (χ1n) is 12.3. The molecule has 2 aromatic heterocycles. The SMILES string of the molecule is Cc1nn(-c2ccccn2)c2c1C[C@@]1(O)[C@H]3Cc4ccc(O)cc4[C@@]1(CCN3CC1CC1)C2. The van der Waals surface area contributed by atoms with E-state index in [1.54, 1.807) is 12.3 Å². The van der Waals surface area contributed by atoms with Crippen molar-refractivity contribution in [2.75, 3.05) is 13.1 Å². The van der Waals surface area contributed by atoms with Crippen LogP contribution in [0.5, 0.6) is 5.75 Å². The molecule has 2 bridgehead atoms. The Balaban J connectivity index is 1.43. The van der Waals surface area contributed by atoms with E-state index in [0.717, 1.165) is 54.6 Å². The number of pyridine rings is 1. The predicted molar refractivity (Wildman–Crippen MR) is 125 cm³/mol. The van der Waals surface area contributed by atoms with Crippen LogP contribution in [0, 0.1) is 12.8 Å². The van der Waals surface area contributed by atoms with Gasteiger partial charge in [0.1, 0.15) is 5.75 Å². The van der Waals surface area contributed by atoms with Crippen molar-refractivity contribution >= 4 is 0 Å². The van der Waals surface area contributed by atoms with Crippen LogP contribution >= 0.6 is 0 Å². The molecule has 0 radical (unpaired) electrons. The second kappa shape index (κ2) is 6.67. The number of aliphatic hydroxyl groups is 1. The van der Waals surface area contributed by atoms with Gasteiger partial charge in [0.15, 0.2) is 5.82 Å². The number of hydrogen-bond donors (Lipinski definition) is 2. The van der Waals surface area contributed by atoms with E-state index in [-0.39, 0.29) is 11.8 Å². The molecule has 2 N–H and O–H groups in total. The summed E-state index contributed by atoms with van der Waals surface area (Å²) in [5.41, 5.74) is 4.39. The minimum atomic E-state index is -0.878. The maximum atomic E-state index is 12.7. The van der Waals surface area contributed by atoms with Gasteiger partial charge in [0.05, 0.1) is 17.0 Å². The molecule has 0 spiro atoms. The number of benzene rings is 1. The molecule has 3 atom stereocenters. The smallest absolute Gasteiger partial charge is 0.153 e. The molecule has 4 aliphatic rings. The van der Waals surface area contributed by atoms with Crippen LogP contribution in [-0.4, -0.2) is 54.6 Å². The normalized spacial score (nSPS) is 30.4. The number of rotatable bonds is 3. The molecule has 7 rings (SSSR count). The Morgan fingerprint density at radius 3 is 2.82 bits per heavy atom. The lowest BCUT2D eigenvalue weighted by Gasteiger charge is -2.63. The van der Waals surface area contributed by atoms with E-state index in [1.807, 2.05) is 28.9 Å². The maximum absolute atomic E-state index is 12.7. The molecule has 1 aliphatic heterocycles. The Labute approximate surface area is 193 Å². The number of piperidine rings is 1. The van der Waals surface area contributed by atoms with Crippen molar-refractivity contribution < 1.29 is 10.2 Å². The Hall–Kier alpha value is -2.70. The lowest BCUT2D eigenvalue weighted by Crippen LogP contribution is -2.74. The first kappa shape index (κ1) is 19.7. The summed E-state index contributed by atoms with van der Waals surface area (Å²) in [5, 5.41) is 28.0. The largest absolute Gasteiger partial charge is 0.508 e. The number of hydrogen-bond acceptors (Lipinski definition) is 5. The maximum Gasteiger partial charge on any atom is 0.153 e. The van der Waals surface area contributed by atoms with Gasteiger partial charge in [-0.1, -0.05) is 12.1 Å². The molecule has 6 heteroatoms. The van der Waals surface area contributed by atoms with Crippen molar-refractivity contribution in [2.24, 2.45) is 5.92 Å². The average Bonchev–Trinajstić information content (AvgIpc) is 3.58. The van der Waals surface area contributed by atoms with Gasteiger partial charge < -0.3 is 10.2 Å². The summed E-state index contributed by atoms with van der Waals surface area (Å²) in [4.78, 5) is 7.15. The van der Waals surface area contributed by atoms with E-state index in [1.165, 1.54) is 24.0 Å². The molecule has 3 heterocycles. The Kier molecular flexibility index (Phi) is 3.99. The fraction of sp³-hybridized carbons (Fsp3) is 0.481. The molecule has 1 saturated heterocycles. The standard InChI is InChI=1S/C27H30N4O2/c1-17-21-14-27(33)24-12-19-7-8-20(32)13-22(19)26(27,9-11-30(24)16-18-5-6-18)15-23(21)31(29-17)25-4-2-3-10-28-25/h2-4,7-8,10,13,18,24,32-33H,5-6,9,11-12,14-16H2,1H3/t24-,26-,27-/m1/s1. The van der Waals surface area contributed by atoms with Crippen molar-refractivity contribution in [3.05, 3.63) is 70.7 Å². The molecule has 0 amide bonds. The molecule has 1 saturated carbocycles. The van der Waals surface area contributed by atoms with Gasteiger partial charge in [0.25, 0.3) is 0 Å².